The molecule has 0 aliphatic carbocycles. The van der Waals surface area contributed by atoms with E-state index in [2.05, 4.69) is 0 Å². The van der Waals surface area contributed by atoms with E-state index in [0.29, 0.717) is 5.56 Å². The van der Waals surface area contributed by atoms with Crippen molar-refractivity contribution in [2.24, 2.45) is 0 Å². The van der Waals surface area contributed by atoms with Gasteiger partial charge in [0.25, 0.3) is 0 Å². The molecule has 4 heteroatoms. The lowest BCUT2D eigenvalue weighted by atomic mass is 9.83. The Hall–Kier alpha value is -1.22. The van der Waals surface area contributed by atoms with Gasteiger partial charge in [-0.05, 0) is 29.2 Å². The maximum atomic E-state index is 10.9. The molecule has 2 N–H and O–H groups in total. The van der Waals surface area contributed by atoms with Gasteiger partial charge in [0.1, 0.15) is 5.75 Å². The van der Waals surface area contributed by atoms with Gasteiger partial charge in [-0.15, -0.1) is 12.4 Å². The fourth-order valence-electron chi connectivity index (χ4n) is 1.34. The zero-order valence-electron chi connectivity index (χ0n) is 8.94. The molecule has 84 valence electrons. The van der Waals surface area contributed by atoms with Gasteiger partial charge >= 0.3 is 5.97 Å². The Bertz CT molecular complexity index is 367. The maximum absolute atomic E-state index is 10.9. The summed E-state index contributed by atoms with van der Waals surface area (Å²) in [4.78, 5) is 10.9. The molecule has 0 bridgehead atoms. The number of hydrogen-bond acceptors (Lipinski definition) is 2. The van der Waals surface area contributed by atoms with Crippen LogP contribution < -0.4 is 0 Å². The summed E-state index contributed by atoms with van der Waals surface area (Å²) in [5.74, 6) is -0.866. The van der Waals surface area contributed by atoms with Crippen LogP contribution in [0.3, 0.4) is 0 Å². The summed E-state index contributed by atoms with van der Waals surface area (Å²) in [7, 11) is 0. The summed E-state index contributed by atoms with van der Waals surface area (Å²) < 4.78 is 0. The van der Waals surface area contributed by atoms with Crippen LogP contribution in [0.15, 0.2) is 18.2 Å². The number of benzene rings is 1. The number of hydrogen-bond donors (Lipinski definition) is 2. The molecule has 0 unspecified atom stereocenters. The standard InChI is InChI=1S/C11H14O3.ClH/c1-11(2,3)9-6-7(12)4-5-8(9)10(13)14;/h4-6,12H,1-3H3,(H,13,14);1H. The van der Waals surface area contributed by atoms with Crippen LogP contribution in [0.1, 0.15) is 36.7 Å². The lowest BCUT2D eigenvalue weighted by Gasteiger charge is -2.21. The Morgan fingerprint density at radius 1 is 1.27 bits per heavy atom. The largest absolute Gasteiger partial charge is 0.508 e. The van der Waals surface area contributed by atoms with E-state index in [1.165, 1.54) is 18.2 Å². The lowest BCUT2D eigenvalue weighted by molar-refractivity contribution is 0.0694. The fraction of sp³-hybridized carbons (Fsp3) is 0.364. The predicted molar refractivity (Wildman–Crippen MR) is 61.0 cm³/mol. The summed E-state index contributed by atoms with van der Waals surface area (Å²) in [5.41, 5.74) is 0.604. The summed E-state index contributed by atoms with van der Waals surface area (Å²) in [6.45, 7) is 5.73. The summed E-state index contributed by atoms with van der Waals surface area (Å²) in [6, 6.07) is 4.32. The lowest BCUT2D eigenvalue weighted by Crippen LogP contribution is -2.16. The summed E-state index contributed by atoms with van der Waals surface area (Å²) in [5, 5.41) is 18.2. The van der Waals surface area contributed by atoms with Crippen molar-refractivity contribution < 1.29 is 15.0 Å². The second-order valence-corrected chi connectivity index (χ2v) is 4.29. The number of rotatable bonds is 1. The number of phenols is 1. The number of aromatic carboxylic acids is 1. The van der Waals surface area contributed by atoms with E-state index in [1.54, 1.807) is 0 Å². The average molecular weight is 231 g/mol. The first-order chi connectivity index (χ1) is 6.32. The quantitative estimate of drug-likeness (QED) is 0.780. The molecule has 0 radical (unpaired) electrons. The highest BCUT2D eigenvalue weighted by atomic mass is 35.5. The monoisotopic (exact) mass is 230 g/mol. The number of halogens is 1. The van der Waals surface area contributed by atoms with E-state index < -0.39 is 5.97 Å². The number of aromatic hydroxyl groups is 1. The van der Waals surface area contributed by atoms with E-state index in [9.17, 15) is 9.90 Å². The van der Waals surface area contributed by atoms with Crippen molar-refractivity contribution in [2.45, 2.75) is 26.2 Å². The molecule has 0 atom stereocenters. The Kier molecular flexibility index (Phi) is 4.16. The van der Waals surface area contributed by atoms with Gasteiger partial charge in [-0.1, -0.05) is 20.8 Å². The zero-order valence-corrected chi connectivity index (χ0v) is 9.76. The molecule has 0 aliphatic rings. The minimum atomic E-state index is -0.963. The van der Waals surface area contributed by atoms with Gasteiger partial charge in [-0.2, -0.15) is 0 Å². The summed E-state index contributed by atoms with van der Waals surface area (Å²) in [6.07, 6.45) is 0. The van der Waals surface area contributed by atoms with Crippen LogP contribution in [0.25, 0.3) is 0 Å². The van der Waals surface area contributed by atoms with Gasteiger partial charge in [0.05, 0.1) is 5.56 Å². The highest BCUT2D eigenvalue weighted by molar-refractivity contribution is 5.90. The molecule has 1 rings (SSSR count). The Morgan fingerprint density at radius 3 is 2.20 bits per heavy atom. The van der Waals surface area contributed by atoms with Crippen molar-refractivity contribution in [3.05, 3.63) is 29.3 Å². The second kappa shape index (κ2) is 4.53. The van der Waals surface area contributed by atoms with Crippen molar-refractivity contribution >= 4 is 18.4 Å². The van der Waals surface area contributed by atoms with Crippen LogP contribution in [0.4, 0.5) is 0 Å². The molecule has 0 heterocycles. The molecular formula is C11H15ClO3. The van der Waals surface area contributed by atoms with E-state index in [0.717, 1.165) is 0 Å². The van der Waals surface area contributed by atoms with Crippen molar-refractivity contribution in [1.82, 2.24) is 0 Å². The summed E-state index contributed by atoms with van der Waals surface area (Å²) >= 11 is 0. The Labute approximate surface area is 95.2 Å². The molecule has 1 aromatic carbocycles. The molecule has 0 fully saturated rings. The number of phenolic OH excluding ortho intramolecular Hbond substituents is 1. The van der Waals surface area contributed by atoms with Crippen LogP contribution in [0.2, 0.25) is 0 Å². The maximum Gasteiger partial charge on any atom is 0.335 e. The fourth-order valence-corrected chi connectivity index (χ4v) is 1.34. The molecule has 0 saturated carbocycles. The number of carboxylic acids is 1. The zero-order chi connectivity index (χ0) is 10.9. The average Bonchev–Trinajstić information content (AvgIpc) is 2.01. The third-order valence-corrected chi connectivity index (χ3v) is 2.04. The number of carboxylic acid groups (broad SMARTS) is 1. The molecule has 0 amide bonds. The SMILES string of the molecule is CC(C)(C)c1cc(O)ccc1C(=O)O.Cl. The van der Waals surface area contributed by atoms with Crippen LogP contribution in [0.5, 0.6) is 5.75 Å². The molecule has 0 aromatic heterocycles. The highest BCUT2D eigenvalue weighted by Gasteiger charge is 2.21. The molecule has 0 aliphatic heterocycles. The first kappa shape index (κ1) is 13.8. The molecule has 0 spiro atoms. The molecule has 15 heavy (non-hydrogen) atoms. The van der Waals surface area contributed by atoms with E-state index in [1.807, 2.05) is 20.8 Å². The Balaban J connectivity index is 0.00000196. The predicted octanol–water partition coefficient (Wildman–Crippen LogP) is 2.81. The molecule has 3 nitrogen and oxygen atoms in total. The van der Waals surface area contributed by atoms with Crippen LogP contribution in [-0.4, -0.2) is 16.2 Å². The van der Waals surface area contributed by atoms with Crippen molar-refractivity contribution in [2.75, 3.05) is 0 Å². The van der Waals surface area contributed by atoms with Crippen LogP contribution >= 0.6 is 12.4 Å². The third-order valence-electron chi connectivity index (χ3n) is 2.04. The first-order valence-corrected chi connectivity index (χ1v) is 4.39. The third kappa shape index (κ3) is 3.13. The molecule has 1 aromatic rings. The van der Waals surface area contributed by atoms with Gasteiger partial charge in [0, 0.05) is 0 Å². The van der Waals surface area contributed by atoms with E-state index in [4.69, 9.17) is 5.11 Å². The normalized spacial score (nSPS) is 10.6. The van der Waals surface area contributed by atoms with Gasteiger partial charge in [-0.25, -0.2) is 4.79 Å². The smallest absolute Gasteiger partial charge is 0.335 e. The number of carbonyl (C=O) groups is 1. The van der Waals surface area contributed by atoms with Gasteiger partial charge in [0.2, 0.25) is 0 Å². The van der Waals surface area contributed by atoms with E-state index in [-0.39, 0.29) is 29.1 Å². The van der Waals surface area contributed by atoms with E-state index >= 15 is 0 Å². The highest BCUT2D eigenvalue weighted by Crippen LogP contribution is 2.28. The Morgan fingerprint density at radius 2 is 1.80 bits per heavy atom. The minimum Gasteiger partial charge on any atom is -0.508 e. The second-order valence-electron chi connectivity index (χ2n) is 4.29. The minimum absolute atomic E-state index is 0. The van der Waals surface area contributed by atoms with Crippen molar-refractivity contribution in [3.8, 4) is 5.75 Å². The van der Waals surface area contributed by atoms with Crippen molar-refractivity contribution in [3.63, 3.8) is 0 Å². The topological polar surface area (TPSA) is 57.5 Å². The molecular weight excluding hydrogens is 216 g/mol. The van der Waals surface area contributed by atoms with Gasteiger partial charge in [-0.3, -0.25) is 0 Å². The van der Waals surface area contributed by atoms with Gasteiger partial charge in [0.15, 0.2) is 0 Å². The van der Waals surface area contributed by atoms with Crippen LogP contribution in [-0.2, 0) is 5.41 Å². The van der Waals surface area contributed by atoms with Crippen molar-refractivity contribution in [1.29, 1.82) is 0 Å². The van der Waals surface area contributed by atoms with Gasteiger partial charge < -0.3 is 10.2 Å². The van der Waals surface area contributed by atoms with Crippen LogP contribution in [0, 0.1) is 0 Å². The first-order valence-electron chi connectivity index (χ1n) is 4.39. The molecule has 0 saturated heterocycles.